The van der Waals surface area contributed by atoms with E-state index >= 15 is 0 Å². The van der Waals surface area contributed by atoms with Crippen molar-refractivity contribution in [2.45, 2.75) is 38.0 Å². The molecule has 4 rings (SSSR count). The van der Waals surface area contributed by atoms with Crippen LogP contribution in [0.4, 0.5) is 0 Å². The van der Waals surface area contributed by atoms with Crippen LogP contribution in [-0.2, 0) is 5.60 Å². The predicted octanol–water partition coefficient (Wildman–Crippen LogP) is 5.96. The van der Waals surface area contributed by atoms with Crippen LogP contribution in [0.3, 0.4) is 0 Å². The second-order valence-corrected chi connectivity index (χ2v) is 8.71. The lowest BCUT2D eigenvalue weighted by atomic mass is 9.63. The normalized spacial score (nSPS) is 27.8. The van der Waals surface area contributed by atoms with Gasteiger partial charge in [-0.15, -0.1) is 0 Å². The van der Waals surface area contributed by atoms with Crippen LogP contribution in [0, 0.1) is 11.8 Å². The van der Waals surface area contributed by atoms with Crippen LogP contribution < -0.4 is 0 Å². The van der Waals surface area contributed by atoms with Gasteiger partial charge in [-0.25, -0.2) is 0 Å². The first-order chi connectivity index (χ1) is 14.0. The van der Waals surface area contributed by atoms with Gasteiger partial charge < -0.3 is 5.11 Å². The summed E-state index contributed by atoms with van der Waals surface area (Å²) >= 11 is 0. The van der Waals surface area contributed by atoms with Gasteiger partial charge in [0.05, 0.1) is 5.60 Å². The molecule has 2 nitrogen and oxygen atoms in total. The van der Waals surface area contributed by atoms with E-state index in [0.717, 1.165) is 5.56 Å². The van der Waals surface area contributed by atoms with Crippen LogP contribution in [0.25, 0.3) is 0 Å². The molecule has 1 heterocycles. The van der Waals surface area contributed by atoms with Gasteiger partial charge in [0.15, 0.2) is 0 Å². The van der Waals surface area contributed by atoms with Crippen molar-refractivity contribution in [3.8, 4) is 0 Å². The smallest absolute Gasteiger partial charge is 0.0963 e. The minimum Gasteiger partial charge on any atom is -0.385 e. The molecule has 0 spiro atoms. The van der Waals surface area contributed by atoms with Gasteiger partial charge in [-0.3, -0.25) is 4.90 Å². The van der Waals surface area contributed by atoms with Crippen molar-refractivity contribution >= 4 is 0 Å². The molecule has 0 saturated carbocycles. The second kappa shape index (κ2) is 8.14. The van der Waals surface area contributed by atoms with Crippen LogP contribution in [0.5, 0.6) is 0 Å². The SMILES string of the molecule is CC(C)[C@@H]1[C@H](c2ccccc2)N(C)[C@H](c2ccccc2)C[C@@]1(O)c1ccccc1. The van der Waals surface area contributed by atoms with E-state index < -0.39 is 5.60 Å². The lowest BCUT2D eigenvalue weighted by Gasteiger charge is -2.55. The van der Waals surface area contributed by atoms with Crippen molar-refractivity contribution in [3.05, 3.63) is 108 Å². The molecular formula is C27H31NO. The molecule has 150 valence electrons. The minimum atomic E-state index is -0.900. The summed E-state index contributed by atoms with van der Waals surface area (Å²) in [7, 11) is 2.22. The molecule has 3 aromatic rings. The number of nitrogens with zero attached hydrogens (tertiary/aromatic N) is 1. The molecule has 2 heteroatoms. The summed E-state index contributed by atoms with van der Waals surface area (Å²) < 4.78 is 0. The van der Waals surface area contributed by atoms with E-state index in [-0.39, 0.29) is 18.0 Å². The zero-order valence-electron chi connectivity index (χ0n) is 17.6. The van der Waals surface area contributed by atoms with E-state index in [0.29, 0.717) is 12.3 Å². The van der Waals surface area contributed by atoms with Gasteiger partial charge in [-0.1, -0.05) is 105 Å². The Balaban J connectivity index is 1.90. The number of hydrogen-bond acceptors (Lipinski definition) is 2. The Morgan fingerprint density at radius 1 is 0.793 bits per heavy atom. The zero-order valence-corrected chi connectivity index (χ0v) is 17.6. The third kappa shape index (κ3) is 3.63. The van der Waals surface area contributed by atoms with Gasteiger partial charge in [0.1, 0.15) is 0 Å². The third-order valence-corrected chi connectivity index (χ3v) is 6.64. The van der Waals surface area contributed by atoms with Crippen molar-refractivity contribution in [2.24, 2.45) is 11.8 Å². The average Bonchev–Trinajstić information content (AvgIpc) is 2.76. The Hall–Kier alpha value is -2.42. The summed E-state index contributed by atoms with van der Waals surface area (Å²) in [6.07, 6.45) is 0.684. The van der Waals surface area contributed by atoms with Crippen molar-refractivity contribution in [2.75, 3.05) is 7.05 Å². The van der Waals surface area contributed by atoms with Gasteiger partial charge >= 0.3 is 0 Å². The van der Waals surface area contributed by atoms with E-state index in [2.05, 4.69) is 98.6 Å². The Morgan fingerprint density at radius 3 is 1.79 bits per heavy atom. The first-order valence-corrected chi connectivity index (χ1v) is 10.6. The highest BCUT2D eigenvalue weighted by Gasteiger charge is 2.52. The van der Waals surface area contributed by atoms with Crippen molar-refractivity contribution in [1.82, 2.24) is 4.90 Å². The Kier molecular flexibility index (Phi) is 5.58. The van der Waals surface area contributed by atoms with E-state index in [1.165, 1.54) is 11.1 Å². The van der Waals surface area contributed by atoms with Crippen molar-refractivity contribution in [3.63, 3.8) is 0 Å². The van der Waals surface area contributed by atoms with E-state index in [1.807, 2.05) is 18.2 Å². The molecule has 0 radical (unpaired) electrons. The van der Waals surface area contributed by atoms with Crippen LogP contribution in [0.2, 0.25) is 0 Å². The summed E-state index contributed by atoms with van der Waals surface area (Å²) in [5.74, 6) is 0.404. The number of hydrogen-bond donors (Lipinski definition) is 1. The van der Waals surface area contributed by atoms with E-state index in [9.17, 15) is 5.11 Å². The number of piperidine rings is 1. The fraction of sp³-hybridized carbons (Fsp3) is 0.333. The molecule has 0 bridgehead atoms. The molecule has 0 unspecified atom stereocenters. The Morgan fingerprint density at radius 2 is 1.28 bits per heavy atom. The predicted molar refractivity (Wildman–Crippen MR) is 119 cm³/mol. The van der Waals surface area contributed by atoms with Gasteiger partial charge in [0.25, 0.3) is 0 Å². The first-order valence-electron chi connectivity index (χ1n) is 10.6. The summed E-state index contributed by atoms with van der Waals surface area (Å²) in [5.41, 5.74) is 2.65. The molecule has 1 saturated heterocycles. The number of likely N-dealkylation sites (tertiary alicyclic amines) is 1. The van der Waals surface area contributed by atoms with Crippen LogP contribution in [-0.4, -0.2) is 17.1 Å². The molecule has 4 atom stereocenters. The van der Waals surface area contributed by atoms with Gasteiger partial charge in [0.2, 0.25) is 0 Å². The molecule has 3 aromatic carbocycles. The van der Waals surface area contributed by atoms with Gasteiger partial charge in [-0.2, -0.15) is 0 Å². The maximum atomic E-state index is 12.3. The molecular weight excluding hydrogens is 354 g/mol. The maximum Gasteiger partial charge on any atom is 0.0963 e. The first kappa shape index (κ1) is 19.9. The fourth-order valence-electron chi connectivity index (χ4n) is 5.36. The quantitative estimate of drug-likeness (QED) is 0.598. The highest BCUT2D eigenvalue weighted by atomic mass is 16.3. The standard InChI is InChI=1S/C27H31NO/c1-20(2)25-26(22-15-9-5-10-16-22)28(3)24(21-13-7-4-8-14-21)19-27(25,29)23-17-11-6-12-18-23/h4-18,20,24-26,29H,19H2,1-3H3/t24-,25+,26-,27+/m0/s1. The fourth-order valence-corrected chi connectivity index (χ4v) is 5.36. The van der Waals surface area contributed by atoms with E-state index in [4.69, 9.17) is 0 Å². The topological polar surface area (TPSA) is 23.5 Å². The molecule has 1 aliphatic rings. The Labute approximate surface area is 174 Å². The largest absolute Gasteiger partial charge is 0.385 e. The molecule has 1 N–H and O–H groups in total. The monoisotopic (exact) mass is 385 g/mol. The van der Waals surface area contributed by atoms with Crippen molar-refractivity contribution in [1.29, 1.82) is 0 Å². The van der Waals surface area contributed by atoms with Gasteiger partial charge in [0, 0.05) is 24.4 Å². The highest BCUT2D eigenvalue weighted by molar-refractivity contribution is 5.32. The molecule has 1 aliphatic heterocycles. The number of benzene rings is 3. The number of rotatable bonds is 4. The molecule has 29 heavy (non-hydrogen) atoms. The zero-order chi connectivity index (χ0) is 20.4. The van der Waals surface area contributed by atoms with Crippen LogP contribution >= 0.6 is 0 Å². The van der Waals surface area contributed by atoms with Crippen molar-refractivity contribution < 1.29 is 5.11 Å². The molecule has 1 fully saturated rings. The third-order valence-electron chi connectivity index (χ3n) is 6.64. The summed E-state index contributed by atoms with van der Waals surface area (Å²) in [4.78, 5) is 2.48. The van der Waals surface area contributed by atoms with Crippen LogP contribution in [0.15, 0.2) is 91.0 Å². The maximum absolute atomic E-state index is 12.3. The second-order valence-electron chi connectivity index (χ2n) is 8.71. The average molecular weight is 386 g/mol. The Bertz CT molecular complexity index is 909. The van der Waals surface area contributed by atoms with Gasteiger partial charge in [-0.05, 0) is 29.7 Å². The number of aliphatic hydroxyl groups is 1. The lowest BCUT2D eigenvalue weighted by Crippen LogP contribution is -2.53. The summed E-state index contributed by atoms with van der Waals surface area (Å²) in [6, 6.07) is 31.8. The van der Waals surface area contributed by atoms with E-state index in [1.54, 1.807) is 0 Å². The summed E-state index contributed by atoms with van der Waals surface area (Å²) in [5, 5.41) is 12.3. The van der Waals surface area contributed by atoms with Crippen LogP contribution in [0.1, 0.15) is 49.0 Å². The molecule has 0 amide bonds. The summed E-state index contributed by atoms with van der Waals surface area (Å²) in [6.45, 7) is 4.48. The minimum absolute atomic E-state index is 0.0808. The highest BCUT2D eigenvalue weighted by Crippen LogP contribution is 2.55. The molecule has 0 aliphatic carbocycles. The lowest BCUT2D eigenvalue weighted by molar-refractivity contribution is -0.142. The molecule has 0 aromatic heterocycles.